The van der Waals surface area contributed by atoms with E-state index in [1.165, 1.54) is 0 Å². The van der Waals surface area contributed by atoms with Gasteiger partial charge in [0.1, 0.15) is 11.9 Å². The van der Waals surface area contributed by atoms with Crippen molar-refractivity contribution in [3.05, 3.63) is 23.9 Å². The Morgan fingerprint density at radius 3 is 2.91 bits per heavy atom. The topological polar surface area (TPSA) is 88.7 Å². The molecule has 0 aromatic carbocycles. The molecule has 0 bridgehead atoms. The van der Waals surface area contributed by atoms with Crippen molar-refractivity contribution in [1.29, 1.82) is 0 Å². The van der Waals surface area contributed by atoms with Gasteiger partial charge in [-0.25, -0.2) is 4.98 Å². The number of aliphatic hydroxyl groups is 1. The number of anilines is 1. The van der Waals surface area contributed by atoms with Gasteiger partial charge in [0.05, 0.1) is 30.9 Å². The number of hydrogen-bond donors (Lipinski definition) is 2. The van der Waals surface area contributed by atoms with Crippen molar-refractivity contribution in [2.45, 2.75) is 50.2 Å². The Hall–Kier alpha value is -1.66. The van der Waals surface area contributed by atoms with Gasteiger partial charge in [-0.05, 0) is 25.0 Å². The molecule has 1 aliphatic heterocycles. The standard InChI is InChI=1S/C17H25N3O3/c18-15-6-4-5-13(19-15)14-12-20(9-10-23-14)16(21)11-17(22)7-2-1-3-8-17/h4-6,14,22H,1-3,7-12H2,(H2,18,19)/t14-/m0/s1. The number of ether oxygens (including phenoxy) is 1. The van der Waals surface area contributed by atoms with Crippen LogP contribution in [0, 0.1) is 0 Å². The molecular formula is C17H25N3O3. The van der Waals surface area contributed by atoms with Gasteiger partial charge in [0.2, 0.25) is 5.91 Å². The van der Waals surface area contributed by atoms with E-state index < -0.39 is 5.60 Å². The number of rotatable bonds is 3. The minimum absolute atomic E-state index is 0.00611. The first-order valence-electron chi connectivity index (χ1n) is 8.40. The maximum Gasteiger partial charge on any atom is 0.225 e. The van der Waals surface area contributed by atoms with Crippen LogP contribution < -0.4 is 5.73 Å². The van der Waals surface area contributed by atoms with E-state index >= 15 is 0 Å². The number of nitrogens with zero attached hydrogens (tertiary/aromatic N) is 2. The number of carbonyl (C=O) groups excluding carboxylic acids is 1. The summed E-state index contributed by atoms with van der Waals surface area (Å²) in [4.78, 5) is 18.6. The molecule has 126 valence electrons. The molecular weight excluding hydrogens is 294 g/mol. The molecule has 0 radical (unpaired) electrons. The third-order valence-electron chi connectivity index (χ3n) is 4.81. The van der Waals surface area contributed by atoms with Crippen LogP contribution >= 0.6 is 0 Å². The number of nitrogens with two attached hydrogens (primary N) is 1. The van der Waals surface area contributed by atoms with E-state index in [0.29, 0.717) is 25.5 Å². The quantitative estimate of drug-likeness (QED) is 0.884. The van der Waals surface area contributed by atoms with Crippen LogP contribution in [0.25, 0.3) is 0 Å². The fraction of sp³-hybridized carbons (Fsp3) is 0.647. The van der Waals surface area contributed by atoms with E-state index in [0.717, 1.165) is 37.8 Å². The molecule has 6 heteroatoms. The van der Waals surface area contributed by atoms with Crippen molar-refractivity contribution in [3.63, 3.8) is 0 Å². The minimum Gasteiger partial charge on any atom is -0.389 e. The molecule has 1 aromatic rings. The summed E-state index contributed by atoms with van der Waals surface area (Å²) in [5.41, 5.74) is 5.65. The van der Waals surface area contributed by atoms with E-state index in [1.807, 2.05) is 12.1 Å². The second-order valence-corrected chi connectivity index (χ2v) is 6.65. The van der Waals surface area contributed by atoms with Crippen molar-refractivity contribution in [2.24, 2.45) is 0 Å². The first kappa shape index (κ1) is 16.2. The molecule has 3 rings (SSSR count). The Labute approximate surface area is 136 Å². The molecule has 1 amide bonds. The molecule has 2 aliphatic rings. The van der Waals surface area contributed by atoms with Gasteiger partial charge in [-0.1, -0.05) is 25.3 Å². The monoisotopic (exact) mass is 319 g/mol. The number of pyridine rings is 1. The van der Waals surface area contributed by atoms with Gasteiger partial charge in [-0.2, -0.15) is 0 Å². The zero-order chi connectivity index (χ0) is 16.3. The highest BCUT2D eigenvalue weighted by molar-refractivity contribution is 5.77. The normalized spacial score (nSPS) is 24.4. The molecule has 1 saturated carbocycles. The summed E-state index contributed by atoms with van der Waals surface area (Å²) in [6.45, 7) is 1.50. The zero-order valence-electron chi connectivity index (χ0n) is 13.4. The number of amides is 1. The SMILES string of the molecule is Nc1cccc([C@@H]2CN(C(=O)CC3(O)CCCCC3)CCO2)n1. The Bertz CT molecular complexity index is 558. The van der Waals surface area contributed by atoms with Crippen LogP contribution in [-0.4, -0.2) is 46.2 Å². The van der Waals surface area contributed by atoms with Crippen LogP contribution in [0.3, 0.4) is 0 Å². The summed E-state index contributed by atoms with van der Waals surface area (Å²) in [6, 6.07) is 5.43. The summed E-state index contributed by atoms with van der Waals surface area (Å²) in [6.07, 6.45) is 4.57. The first-order chi connectivity index (χ1) is 11.1. The molecule has 2 fully saturated rings. The lowest BCUT2D eigenvalue weighted by Gasteiger charge is -2.37. The predicted octanol–water partition coefficient (Wildman–Crippen LogP) is 1.65. The zero-order valence-corrected chi connectivity index (χ0v) is 13.4. The van der Waals surface area contributed by atoms with E-state index in [2.05, 4.69) is 4.98 Å². The molecule has 1 aliphatic carbocycles. The van der Waals surface area contributed by atoms with E-state index in [4.69, 9.17) is 10.5 Å². The van der Waals surface area contributed by atoms with Gasteiger partial charge in [0, 0.05) is 6.54 Å². The number of nitrogen functional groups attached to an aromatic ring is 1. The van der Waals surface area contributed by atoms with Gasteiger partial charge >= 0.3 is 0 Å². The van der Waals surface area contributed by atoms with Crippen LogP contribution in [0.4, 0.5) is 5.82 Å². The van der Waals surface area contributed by atoms with Gasteiger partial charge < -0.3 is 20.5 Å². The second kappa shape index (κ2) is 6.84. The van der Waals surface area contributed by atoms with Crippen molar-refractivity contribution in [2.75, 3.05) is 25.4 Å². The van der Waals surface area contributed by atoms with Crippen LogP contribution in [-0.2, 0) is 9.53 Å². The fourth-order valence-corrected chi connectivity index (χ4v) is 3.48. The Balaban J connectivity index is 1.62. The van der Waals surface area contributed by atoms with Crippen LogP contribution in [0.15, 0.2) is 18.2 Å². The molecule has 2 heterocycles. The lowest BCUT2D eigenvalue weighted by molar-refractivity contribution is -0.145. The van der Waals surface area contributed by atoms with Crippen LogP contribution in [0.2, 0.25) is 0 Å². The van der Waals surface area contributed by atoms with E-state index in [9.17, 15) is 9.90 Å². The lowest BCUT2D eigenvalue weighted by Crippen LogP contribution is -2.46. The van der Waals surface area contributed by atoms with Crippen molar-refractivity contribution < 1.29 is 14.6 Å². The average molecular weight is 319 g/mol. The molecule has 1 aromatic heterocycles. The maximum atomic E-state index is 12.6. The van der Waals surface area contributed by atoms with E-state index in [-0.39, 0.29) is 18.4 Å². The van der Waals surface area contributed by atoms with Crippen molar-refractivity contribution in [3.8, 4) is 0 Å². The predicted molar refractivity (Wildman–Crippen MR) is 86.6 cm³/mol. The van der Waals surface area contributed by atoms with Crippen molar-refractivity contribution in [1.82, 2.24) is 9.88 Å². The maximum absolute atomic E-state index is 12.6. The molecule has 0 unspecified atom stereocenters. The largest absolute Gasteiger partial charge is 0.389 e. The molecule has 0 spiro atoms. The Morgan fingerprint density at radius 2 is 2.17 bits per heavy atom. The Morgan fingerprint density at radius 1 is 1.39 bits per heavy atom. The number of hydrogen-bond acceptors (Lipinski definition) is 5. The molecule has 3 N–H and O–H groups in total. The Kier molecular flexibility index (Phi) is 4.82. The number of carbonyl (C=O) groups is 1. The highest BCUT2D eigenvalue weighted by Gasteiger charge is 2.35. The van der Waals surface area contributed by atoms with Crippen molar-refractivity contribution >= 4 is 11.7 Å². The summed E-state index contributed by atoms with van der Waals surface area (Å²) in [7, 11) is 0. The smallest absolute Gasteiger partial charge is 0.225 e. The summed E-state index contributed by atoms with van der Waals surface area (Å²) < 4.78 is 5.74. The van der Waals surface area contributed by atoms with Gasteiger partial charge in [-0.15, -0.1) is 0 Å². The van der Waals surface area contributed by atoms with Crippen LogP contribution in [0.1, 0.15) is 50.3 Å². The minimum atomic E-state index is -0.821. The average Bonchev–Trinajstić information content (AvgIpc) is 2.55. The van der Waals surface area contributed by atoms with Gasteiger partial charge in [0.15, 0.2) is 0 Å². The highest BCUT2D eigenvalue weighted by atomic mass is 16.5. The molecule has 1 saturated heterocycles. The number of aromatic nitrogens is 1. The summed E-state index contributed by atoms with van der Waals surface area (Å²) >= 11 is 0. The van der Waals surface area contributed by atoms with Gasteiger partial charge in [0.25, 0.3) is 0 Å². The first-order valence-corrected chi connectivity index (χ1v) is 8.40. The summed E-state index contributed by atoms with van der Waals surface area (Å²) in [5, 5.41) is 10.6. The fourth-order valence-electron chi connectivity index (χ4n) is 3.48. The second-order valence-electron chi connectivity index (χ2n) is 6.65. The lowest BCUT2D eigenvalue weighted by atomic mass is 9.82. The highest BCUT2D eigenvalue weighted by Crippen LogP contribution is 2.32. The molecule has 1 atom stereocenters. The van der Waals surface area contributed by atoms with Gasteiger partial charge in [-0.3, -0.25) is 4.79 Å². The number of morpholine rings is 1. The molecule has 23 heavy (non-hydrogen) atoms. The molecule has 6 nitrogen and oxygen atoms in total. The van der Waals surface area contributed by atoms with E-state index in [1.54, 1.807) is 11.0 Å². The third kappa shape index (κ3) is 4.00. The van der Waals surface area contributed by atoms with Crippen LogP contribution in [0.5, 0.6) is 0 Å². The summed E-state index contributed by atoms with van der Waals surface area (Å²) in [5.74, 6) is 0.456. The third-order valence-corrected chi connectivity index (χ3v) is 4.81.